The van der Waals surface area contributed by atoms with Crippen molar-refractivity contribution in [3.8, 4) is 11.5 Å². The number of rotatable bonds is 7. The first-order valence-electron chi connectivity index (χ1n) is 13.1. The average molecular weight is 713 g/mol. The van der Waals surface area contributed by atoms with Crippen molar-refractivity contribution in [1.82, 2.24) is 19.6 Å². The number of aromatic nitrogens is 4. The lowest BCUT2D eigenvalue weighted by Crippen LogP contribution is -2.29. The number of halogens is 2. The van der Waals surface area contributed by atoms with E-state index in [1.165, 1.54) is 29.8 Å². The van der Waals surface area contributed by atoms with Gasteiger partial charge in [0, 0.05) is 17.0 Å². The molecule has 0 saturated carbocycles. The molecule has 0 bridgehead atoms. The zero-order valence-electron chi connectivity index (χ0n) is 23.4. The second-order valence-corrected chi connectivity index (χ2v) is 13.3. The summed E-state index contributed by atoms with van der Waals surface area (Å²) in [4.78, 5) is 33.3. The summed E-state index contributed by atoms with van der Waals surface area (Å²) in [6.07, 6.45) is 1.81. The topological polar surface area (TPSA) is 130 Å². The summed E-state index contributed by atoms with van der Waals surface area (Å²) in [5.74, 6) is -1.77. The molecule has 0 radical (unpaired) electrons. The molecular formula is C30H23BrClN5O5S2. The van der Waals surface area contributed by atoms with Crippen molar-refractivity contribution in [2.45, 2.75) is 30.0 Å². The Morgan fingerprint density at radius 2 is 1.93 bits per heavy atom. The van der Waals surface area contributed by atoms with E-state index in [9.17, 15) is 19.8 Å². The highest BCUT2D eigenvalue weighted by atomic mass is 79.9. The number of aromatic hydroxyl groups is 1. The molecule has 3 aromatic heterocycles. The van der Waals surface area contributed by atoms with Crippen molar-refractivity contribution >= 4 is 78.9 Å². The summed E-state index contributed by atoms with van der Waals surface area (Å²) in [6.45, 7) is 3.66. The van der Waals surface area contributed by atoms with Gasteiger partial charge in [0.1, 0.15) is 11.3 Å². The molecule has 2 N–H and O–H groups in total. The molecule has 1 atom stereocenters. The van der Waals surface area contributed by atoms with Crippen molar-refractivity contribution in [3.05, 3.63) is 97.9 Å². The fourth-order valence-corrected chi connectivity index (χ4v) is 7.65. The maximum absolute atomic E-state index is 13.7. The largest absolute Gasteiger partial charge is 0.505 e. The van der Waals surface area contributed by atoms with Gasteiger partial charge in [0.05, 0.1) is 28.9 Å². The summed E-state index contributed by atoms with van der Waals surface area (Å²) < 4.78 is 7.99. The van der Waals surface area contributed by atoms with Crippen LogP contribution in [0, 0.1) is 13.8 Å². The normalized spacial score (nSPS) is 16.3. The van der Waals surface area contributed by atoms with Gasteiger partial charge >= 0.3 is 5.91 Å². The number of anilines is 1. The van der Waals surface area contributed by atoms with E-state index in [1.807, 2.05) is 47.9 Å². The van der Waals surface area contributed by atoms with Gasteiger partial charge in [0.2, 0.25) is 5.13 Å². The third-order valence-corrected chi connectivity index (χ3v) is 10.3. The van der Waals surface area contributed by atoms with E-state index in [2.05, 4.69) is 31.1 Å². The number of carbonyl (C=O) groups is 2. The van der Waals surface area contributed by atoms with Gasteiger partial charge < -0.3 is 19.4 Å². The lowest BCUT2D eigenvalue weighted by molar-refractivity contribution is -0.132. The predicted octanol–water partition coefficient (Wildman–Crippen LogP) is 6.85. The van der Waals surface area contributed by atoms with Gasteiger partial charge in [-0.2, -0.15) is 0 Å². The summed E-state index contributed by atoms with van der Waals surface area (Å²) in [7, 11) is 1.39. The van der Waals surface area contributed by atoms with Crippen molar-refractivity contribution < 1.29 is 24.5 Å². The van der Waals surface area contributed by atoms with E-state index in [0.717, 1.165) is 22.5 Å². The molecule has 1 unspecified atom stereocenters. The molecule has 0 aliphatic carbocycles. The Bertz CT molecular complexity index is 2010. The minimum atomic E-state index is -1.14. The van der Waals surface area contributed by atoms with Gasteiger partial charge in [-0.25, -0.2) is 4.98 Å². The van der Waals surface area contributed by atoms with Crippen LogP contribution >= 0.6 is 50.6 Å². The number of fused-ring (bicyclic) bond motifs is 1. The summed E-state index contributed by atoms with van der Waals surface area (Å²) in [5.41, 5.74) is 3.34. The second-order valence-electron chi connectivity index (χ2n) is 9.88. The van der Waals surface area contributed by atoms with E-state index >= 15 is 0 Å². The summed E-state index contributed by atoms with van der Waals surface area (Å²) in [6, 6.07) is 13.1. The monoisotopic (exact) mass is 711 g/mol. The zero-order valence-corrected chi connectivity index (χ0v) is 27.4. The number of aliphatic hydroxyl groups is 1. The fourth-order valence-electron chi connectivity index (χ4n) is 5.04. The van der Waals surface area contributed by atoms with Gasteiger partial charge in [0.15, 0.2) is 21.6 Å². The Morgan fingerprint density at radius 1 is 1.16 bits per heavy atom. The number of hydrogen-bond donors (Lipinski definition) is 2. The molecule has 224 valence electrons. The average Bonchev–Trinajstić information content (AvgIpc) is 3.69. The lowest BCUT2D eigenvalue weighted by atomic mass is 9.96. The molecule has 1 fully saturated rings. The molecule has 5 aromatic rings. The SMILES string of the molecule is COc1cc(C2C(=C(O)c3nc4c(C)cccn4c3C)C(=O)C(=O)N2c2nnc(SCc3ccccc3Cl)s2)cc(Br)c1O. The van der Waals surface area contributed by atoms with Crippen LogP contribution in [0.2, 0.25) is 5.02 Å². The molecule has 1 aliphatic heterocycles. The first-order valence-corrected chi connectivity index (χ1v) is 16.1. The third-order valence-electron chi connectivity index (χ3n) is 7.25. The quantitative estimate of drug-likeness (QED) is 0.0612. The fraction of sp³-hybridized carbons (Fsp3) is 0.167. The maximum atomic E-state index is 13.7. The van der Waals surface area contributed by atoms with Crippen LogP contribution in [0.3, 0.4) is 0 Å². The van der Waals surface area contributed by atoms with Crippen molar-refractivity contribution in [2.75, 3.05) is 12.0 Å². The van der Waals surface area contributed by atoms with E-state index in [-0.39, 0.29) is 32.4 Å². The summed E-state index contributed by atoms with van der Waals surface area (Å²) in [5, 5.41) is 31.5. The predicted molar refractivity (Wildman–Crippen MR) is 173 cm³/mol. The van der Waals surface area contributed by atoms with Gasteiger partial charge in [-0.1, -0.05) is 59.0 Å². The molecule has 1 saturated heterocycles. The van der Waals surface area contributed by atoms with Gasteiger partial charge in [0.25, 0.3) is 5.78 Å². The number of ketones is 1. The molecule has 1 aliphatic rings. The van der Waals surface area contributed by atoms with Crippen LogP contribution in [-0.2, 0) is 15.3 Å². The number of phenolic OH excluding ortho intramolecular Hbond substituents is 1. The third kappa shape index (κ3) is 5.13. The first kappa shape index (κ1) is 30.1. The van der Waals surface area contributed by atoms with E-state index in [0.29, 0.717) is 32.0 Å². The number of hydrogen-bond acceptors (Lipinski definition) is 10. The first-order chi connectivity index (χ1) is 21.1. The number of benzene rings is 2. The summed E-state index contributed by atoms with van der Waals surface area (Å²) >= 11 is 12.2. The number of nitrogens with zero attached hydrogens (tertiary/aromatic N) is 5. The van der Waals surface area contributed by atoms with Crippen molar-refractivity contribution in [1.29, 1.82) is 0 Å². The number of ether oxygens (including phenoxy) is 1. The second kappa shape index (κ2) is 11.9. The standard InChI is InChI=1S/C30H23BrClN5O5S2/c1-14-7-6-10-36-15(2)22(33-27(14)36)25(39)21-23(17-11-18(31)24(38)20(12-17)42-3)37(28(41)26(21)40)29-34-35-30(44-29)43-13-16-8-4-5-9-19(16)32/h4-12,23,38-39H,13H2,1-3H3. The number of Topliss-reactive ketones (excluding diaryl/α,β-unsaturated/α-hetero) is 1. The molecule has 6 rings (SSSR count). The van der Waals surface area contributed by atoms with E-state index in [4.69, 9.17) is 16.3 Å². The molecule has 10 nitrogen and oxygen atoms in total. The number of amides is 1. The highest BCUT2D eigenvalue weighted by Crippen LogP contribution is 2.47. The Labute approximate surface area is 273 Å². The number of imidazole rings is 1. The van der Waals surface area contributed by atoms with Crippen molar-refractivity contribution in [2.24, 2.45) is 0 Å². The number of thioether (sulfide) groups is 1. The van der Waals surface area contributed by atoms with Crippen LogP contribution < -0.4 is 9.64 Å². The van der Waals surface area contributed by atoms with E-state index in [1.54, 1.807) is 19.1 Å². The van der Waals surface area contributed by atoms with Crippen LogP contribution in [0.25, 0.3) is 11.4 Å². The maximum Gasteiger partial charge on any atom is 0.301 e. The van der Waals surface area contributed by atoms with E-state index < -0.39 is 23.5 Å². The van der Waals surface area contributed by atoms with Gasteiger partial charge in [-0.15, -0.1) is 10.2 Å². The van der Waals surface area contributed by atoms with Crippen LogP contribution in [0.5, 0.6) is 11.5 Å². The molecule has 0 spiro atoms. The number of methoxy groups -OCH3 is 1. The number of pyridine rings is 1. The number of carbonyl (C=O) groups excluding carboxylic acids is 2. The highest BCUT2D eigenvalue weighted by Gasteiger charge is 2.49. The Kier molecular flexibility index (Phi) is 8.14. The molecule has 44 heavy (non-hydrogen) atoms. The lowest BCUT2D eigenvalue weighted by Gasteiger charge is -2.23. The molecule has 1 amide bonds. The number of aliphatic hydroxyl groups excluding tert-OH is 1. The Morgan fingerprint density at radius 3 is 2.66 bits per heavy atom. The molecule has 2 aromatic carbocycles. The minimum Gasteiger partial charge on any atom is -0.505 e. The number of phenols is 1. The molecular weight excluding hydrogens is 690 g/mol. The van der Waals surface area contributed by atoms with Crippen LogP contribution in [-0.4, -0.2) is 48.6 Å². The van der Waals surface area contributed by atoms with Crippen LogP contribution in [0.15, 0.2) is 69.1 Å². The van der Waals surface area contributed by atoms with Gasteiger partial charge in [-0.05, 0) is 70.7 Å². The minimum absolute atomic E-state index is 0.104. The van der Waals surface area contributed by atoms with Gasteiger partial charge in [-0.3, -0.25) is 14.5 Å². The molecule has 14 heteroatoms. The Balaban J connectivity index is 1.49. The zero-order chi connectivity index (χ0) is 31.3. The van der Waals surface area contributed by atoms with Crippen molar-refractivity contribution in [3.63, 3.8) is 0 Å². The Hall–Kier alpha value is -3.91. The smallest absolute Gasteiger partial charge is 0.301 e. The molecule has 4 heterocycles. The van der Waals surface area contributed by atoms with Crippen LogP contribution in [0.1, 0.15) is 34.1 Å². The number of aryl methyl sites for hydroxylation is 2. The highest BCUT2D eigenvalue weighted by molar-refractivity contribution is 9.10. The van der Waals surface area contributed by atoms with Crippen LogP contribution in [0.4, 0.5) is 5.13 Å².